The lowest BCUT2D eigenvalue weighted by Crippen LogP contribution is -2.02. The summed E-state index contributed by atoms with van der Waals surface area (Å²) in [4.78, 5) is 4.28. The molecular formula is C32H22N2O. The van der Waals surface area contributed by atoms with E-state index in [4.69, 9.17) is 4.42 Å². The molecule has 0 aliphatic rings. The van der Waals surface area contributed by atoms with Crippen molar-refractivity contribution in [3.05, 3.63) is 115 Å². The molecule has 3 heteroatoms. The van der Waals surface area contributed by atoms with Gasteiger partial charge in [-0.05, 0) is 30.5 Å². The number of furan rings is 1. The maximum atomic E-state index is 6.44. The minimum Gasteiger partial charge on any atom is -0.455 e. The molecule has 0 saturated heterocycles. The standard InChI is InChI=1S/C32H22N2O/c1-33-20-21-10-8-14-25(27-16-9-15-26-24-13-4-7-19-30(24)35-32(26)27)31(21)34-28-17-5-2-11-22(28)23-12-3-6-18-29(23)34/h2-19H,1,20H2. The van der Waals surface area contributed by atoms with Crippen LogP contribution >= 0.6 is 0 Å². The van der Waals surface area contributed by atoms with Gasteiger partial charge in [-0.15, -0.1) is 0 Å². The molecule has 3 nitrogen and oxygen atoms in total. The summed E-state index contributed by atoms with van der Waals surface area (Å²) in [7, 11) is 0. The molecule has 5 aromatic carbocycles. The van der Waals surface area contributed by atoms with Crippen molar-refractivity contribution in [3.8, 4) is 16.8 Å². The molecule has 0 amide bonds. The molecule has 0 bridgehead atoms. The number of benzene rings is 5. The van der Waals surface area contributed by atoms with Crippen molar-refractivity contribution in [1.82, 2.24) is 4.57 Å². The Kier molecular flexibility index (Phi) is 4.36. The van der Waals surface area contributed by atoms with Crippen LogP contribution in [0.3, 0.4) is 0 Å². The van der Waals surface area contributed by atoms with E-state index >= 15 is 0 Å². The zero-order valence-corrected chi connectivity index (χ0v) is 19.1. The first-order valence-corrected chi connectivity index (χ1v) is 11.8. The second kappa shape index (κ2) is 7.71. The minimum absolute atomic E-state index is 0.528. The van der Waals surface area contributed by atoms with Crippen LogP contribution in [-0.4, -0.2) is 11.3 Å². The van der Waals surface area contributed by atoms with Crippen molar-refractivity contribution in [1.29, 1.82) is 0 Å². The van der Waals surface area contributed by atoms with Gasteiger partial charge < -0.3 is 8.98 Å². The Hall–Kier alpha value is -4.63. The summed E-state index contributed by atoms with van der Waals surface area (Å²) < 4.78 is 8.82. The molecule has 166 valence electrons. The largest absolute Gasteiger partial charge is 0.455 e. The predicted molar refractivity (Wildman–Crippen MR) is 147 cm³/mol. The fourth-order valence-electron chi connectivity index (χ4n) is 5.44. The lowest BCUT2D eigenvalue weighted by Gasteiger charge is -2.18. The van der Waals surface area contributed by atoms with E-state index in [1.807, 2.05) is 12.1 Å². The van der Waals surface area contributed by atoms with Gasteiger partial charge in [0.2, 0.25) is 0 Å². The summed E-state index contributed by atoms with van der Waals surface area (Å²) in [5, 5.41) is 4.72. The Morgan fingerprint density at radius 3 is 1.94 bits per heavy atom. The summed E-state index contributed by atoms with van der Waals surface area (Å²) in [5.41, 5.74) is 8.56. The Balaban J connectivity index is 1.64. The smallest absolute Gasteiger partial charge is 0.143 e. The first kappa shape index (κ1) is 19.8. The monoisotopic (exact) mass is 450 g/mol. The summed E-state index contributed by atoms with van der Waals surface area (Å²) >= 11 is 0. The number of aromatic nitrogens is 1. The highest BCUT2D eigenvalue weighted by Gasteiger charge is 2.20. The number of fused-ring (bicyclic) bond motifs is 6. The summed E-state index contributed by atoms with van der Waals surface area (Å²) in [5.74, 6) is 0. The van der Waals surface area contributed by atoms with Gasteiger partial charge in [0.25, 0.3) is 0 Å². The van der Waals surface area contributed by atoms with Crippen molar-refractivity contribution in [3.63, 3.8) is 0 Å². The molecule has 2 aromatic heterocycles. The Morgan fingerprint density at radius 1 is 0.600 bits per heavy atom. The average Bonchev–Trinajstić information content (AvgIpc) is 3.45. The third-order valence-corrected chi connectivity index (χ3v) is 6.90. The summed E-state index contributed by atoms with van der Waals surface area (Å²) in [6.45, 7) is 4.33. The molecule has 0 radical (unpaired) electrons. The maximum Gasteiger partial charge on any atom is 0.143 e. The van der Waals surface area contributed by atoms with Gasteiger partial charge in [-0.1, -0.05) is 91.0 Å². The predicted octanol–water partition coefficient (Wildman–Crippen LogP) is 8.55. The minimum atomic E-state index is 0.528. The van der Waals surface area contributed by atoms with E-state index in [9.17, 15) is 0 Å². The molecule has 0 saturated carbocycles. The fraction of sp³-hybridized carbons (Fsp3) is 0.0312. The van der Waals surface area contributed by atoms with Crippen molar-refractivity contribution < 1.29 is 4.42 Å². The van der Waals surface area contributed by atoms with E-state index in [2.05, 4.69) is 113 Å². The first-order valence-electron chi connectivity index (χ1n) is 11.8. The van der Waals surface area contributed by atoms with Crippen molar-refractivity contribution in [2.24, 2.45) is 4.99 Å². The van der Waals surface area contributed by atoms with E-state index in [0.29, 0.717) is 6.54 Å². The highest BCUT2D eigenvalue weighted by Crippen LogP contribution is 2.41. The third-order valence-electron chi connectivity index (χ3n) is 6.90. The van der Waals surface area contributed by atoms with Crippen LogP contribution in [-0.2, 0) is 6.54 Å². The molecule has 0 atom stereocenters. The van der Waals surface area contributed by atoms with Crippen LogP contribution in [0.25, 0.3) is 60.6 Å². The lowest BCUT2D eigenvalue weighted by atomic mass is 9.97. The molecule has 0 fully saturated rings. The lowest BCUT2D eigenvalue weighted by molar-refractivity contribution is 0.670. The summed E-state index contributed by atoms with van der Waals surface area (Å²) in [6, 6.07) is 38.3. The second-order valence-electron chi connectivity index (χ2n) is 8.85. The first-order chi connectivity index (χ1) is 17.3. The van der Waals surface area contributed by atoms with Crippen LogP contribution in [0.5, 0.6) is 0 Å². The molecule has 0 aliphatic heterocycles. The van der Waals surface area contributed by atoms with Gasteiger partial charge in [0.05, 0.1) is 23.3 Å². The molecule has 7 aromatic rings. The van der Waals surface area contributed by atoms with Crippen molar-refractivity contribution >= 4 is 50.5 Å². The zero-order chi connectivity index (χ0) is 23.4. The molecule has 0 aliphatic carbocycles. The van der Waals surface area contributed by atoms with Crippen LogP contribution in [0.2, 0.25) is 0 Å². The average molecular weight is 451 g/mol. The molecule has 0 spiro atoms. The topological polar surface area (TPSA) is 30.4 Å². The Morgan fingerprint density at radius 2 is 1.20 bits per heavy atom. The van der Waals surface area contributed by atoms with Crippen molar-refractivity contribution in [2.75, 3.05) is 0 Å². The number of para-hydroxylation sites is 5. The Labute approximate surface area is 202 Å². The van der Waals surface area contributed by atoms with Crippen LogP contribution in [0.15, 0.2) is 119 Å². The number of hydrogen-bond acceptors (Lipinski definition) is 2. The van der Waals surface area contributed by atoms with Gasteiger partial charge in [0.15, 0.2) is 0 Å². The van der Waals surface area contributed by atoms with Crippen LogP contribution in [0.1, 0.15) is 5.56 Å². The van der Waals surface area contributed by atoms with E-state index in [0.717, 1.165) is 44.3 Å². The third kappa shape index (κ3) is 2.88. The van der Waals surface area contributed by atoms with Gasteiger partial charge in [-0.2, -0.15) is 0 Å². The van der Waals surface area contributed by atoms with Gasteiger partial charge in [0, 0.05) is 32.7 Å². The van der Waals surface area contributed by atoms with Gasteiger partial charge >= 0.3 is 0 Å². The van der Waals surface area contributed by atoms with E-state index in [1.54, 1.807) is 0 Å². The molecule has 7 rings (SSSR count). The fourth-order valence-corrected chi connectivity index (χ4v) is 5.44. The highest BCUT2D eigenvalue weighted by atomic mass is 16.3. The second-order valence-corrected chi connectivity index (χ2v) is 8.85. The van der Waals surface area contributed by atoms with Crippen LogP contribution in [0.4, 0.5) is 0 Å². The molecule has 35 heavy (non-hydrogen) atoms. The van der Waals surface area contributed by atoms with E-state index in [-0.39, 0.29) is 0 Å². The zero-order valence-electron chi connectivity index (χ0n) is 19.1. The van der Waals surface area contributed by atoms with Crippen molar-refractivity contribution in [2.45, 2.75) is 6.54 Å². The van der Waals surface area contributed by atoms with Gasteiger partial charge in [-0.3, -0.25) is 4.99 Å². The van der Waals surface area contributed by atoms with E-state index < -0.39 is 0 Å². The Bertz CT molecular complexity index is 1850. The number of aliphatic imine (C=N–C) groups is 1. The van der Waals surface area contributed by atoms with Crippen LogP contribution in [0, 0.1) is 0 Å². The molecular weight excluding hydrogens is 428 g/mol. The number of nitrogens with zero attached hydrogens (tertiary/aromatic N) is 2. The quantitative estimate of drug-likeness (QED) is 0.247. The SMILES string of the molecule is C=NCc1cccc(-c2cccc3c2oc2ccccc23)c1-n1c2ccccc2c2ccccc21. The normalized spacial score (nSPS) is 11.7. The van der Waals surface area contributed by atoms with Gasteiger partial charge in [0.1, 0.15) is 11.2 Å². The highest BCUT2D eigenvalue weighted by molar-refractivity contribution is 6.12. The van der Waals surface area contributed by atoms with E-state index in [1.165, 1.54) is 21.8 Å². The molecule has 0 N–H and O–H groups in total. The maximum absolute atomic E-state index is 6.44. The molecule has 0 unspecified atom stereocenters. The number of rotatable bonds is 4. The van der Waals surface area contributed by atoms with Gasteiger partial charge in [-0.25, -0.2) is 0 Å². The summed E-state index contributed by atoms with van der Waals surface area (Å²) in [6.07, 6.45) is 0. The molecule has 2 heterocycles. The van der Waals surface area contributed by atoms with Crippen LogP contribution < -0.4 is 0 Å². The number of hydrogen-bond donors (Lipinski definition) is 0.